The van der Waals surface area contributed by atoms with Crippen molar-refractivity contribution in [1.29, 1.82) is 0 Å². The van der Waals surface area contributed by atoms with Crippen molar-refractivity contribution >= 4 is 33.9 Å². The monoisotopic (exact) mass is 588 g/mol. The van der Waals surface area contributed by atoms with Crippen LogP contribution in [0.5, 0.6) is 34.5 Å². The van der Waals surface area contributed by atoms with Crippen LogP contribution in [-0.4, -0.2) is 75.0 Å². The highest BCUT2D eigenvalue weighted by Gasteiger charge is 2.25. The molecule has 0 saturated carbocycles. The van der Waals surface area contributed by atoms with Crippen molar-refractivity contribution in [2.24, 2.45) is 0 Å². The summed E-state index contributed by atoms with van der Waals surface area (Å²) in [4.78, 5) is 48.0. The van der Waals surface area contributed by atoms with Crippen LogP contribution in [0.25, 0.3) is 21.9 Å². The standard InChI is InChI=1S/C27H24O15/c1-35-14-7-16(22(37-3)24-20(14)12(29)5-18(41-24)26(31)32)39-9-11(28)10-40-17-8-15(36-2)21-13(30)6-19(27(33)34)42-25(21)23(17)38-4/h5-8,11,28H,9-10H2,1-4H3,(H,31,32)(H,33,34). The molecule has 222 valence electrons. The lowest BCUT2D eigenvalue weighted by atomic mass is 10.1. The largest absolute Gasteiger partial charge is 0.496 e. The van der Waals surface area contributed by atoms with Gasteiger partial charge in [0.1, 0.15) is 41.6 Å². The second kappa shape index (κ2) is 12.0. The molecule has 15 heteroatoms. The van der Waals surface area contributed by atoms with E-state index in [4.69, 9.17) is 37.3 Å². The van der Waals surface area contributed by atoms with E-state index in [1.807, 2.05) is 0 Å². The maximum atomic E-state index is 12.6. The van der Waals surface area contributed by atoms with Crippen LogP contribution in [0.4, 0.5) is 0 Å². The van der Waals surface area contributed by atoms with E-state index in [9.17, 15) is 34.5 Å². The molecule has 15 nitrogen and oxygen atoms in total. The van der Waals surface area contributed by atoms with Gasteiger partial charge in [0, 0.05) is 24.3 Å². The number of fused-ring (bicyclic) bond motifs is 2. The van der Waals surface area contributed by atoms with Crippen LogP contribution in [0.3, 0.4) is 0 Å². The number of methoxy groups -OCH3 is 4. The molecule has 3 N–H and O–H groups in total. The Bertz CT molecular complexity index is 1670. The fraction of sp³-hybridized carbons (Fsp3) is 0.259. The van der Waals surface area contributed by atoms with Crippen molar-refractivity contribution < 1.29 is 62.2 Å². The van der Waals surface area contributed by atoms with Crippen molar-refractivity contribution in [3.05, 3.63) is 56.2 Å². The third kappa shape index (κ3) is 5.44. The highest BCUT2D eigenvalue weighted by molar-refractivity contribution is 5.95. The van der Waals surface area contributed by atoms with Gasteiger partial charge in [-0.15, -0.1) is 0 Å². The Hall–Kier alpha value is -5.44. The van der Waals surface area contributed by atoms with Crippen LogP contribution in [0.1, 0.15) is 21.1 Å². The minimum Gasteiger partial charge on any atom is -0.496 e. The molecule has 0 atom stereocenters. The van der Waals surface area contributed by atoms with Gasteiger partial charge in [-0.25, -0.2) is 9.59 Å². The molecule has 2 heterocycles. The first-order valence-electron chi connectivity index (χ1n) is 11.9. The molecule has 0 unspecified atom stereocenters. The zero-order chi connectivity index (χ0) is 30.7. The molecule has 0 radical (unpaired) electrons. The summed E-state index contributed by atoms with van der Waals surface area (Å²) in [5.74, 6) is -4.54. The third-order valence-corrected chi connectivity index (χ3v) is 5.90. The van der Waals surface area contributed by atoms with Gasteiger partial charge in [0.2, 0.25) is 23.0 Å². The number of aromatic carboxylic acids is 2. The number of carbonyl (C=O) groups is 2. The molecule has 0 fully saturated rings. The van der Waals surface area contributed by atoms with Gasteiger partial charge in [-0.1, -0.05) is 0 Å². The zero-order valence-corrected chi connectivity index (χ0v) is 22.5. The summed E-state index contributed by atoms with van der Waals surface area (Å²) in [6.07, 6.45) is -1.31. The summed E-state index contributed by atoms with van der Waals surface area (Å²) in [6, 6.07) is 4.23. The molecule has 2 aromatic carbocycles. The lowest BCUT2D eigenvalue weighted by Crippen LogP contribution is -2.25. The first kappa shape index (κ1) is 29.5. The normalized spacial score (nSPS) is 11.0. The van der Waals surface area contributed by atoms with Crippen LogP contribution < -0.4 is 39.3 Å². The molecule has 0 spiro atoms. The number of aliphatic hydroxyl groups excluding tert-OH is 1. The molecule has 0 aliphatic rings. The predicted molar refractivity (Wildman–Crippen MR) is 142 cm³/mol. The lowest BCUT2D eigenvalue weighted by molar-refractivity contribution is 0.0605. The number of hydrogen-bond acceptors (Lipinski definition) is 13. The number of aliphatic hydroxyl groups is 1. The van der Waals surface area contributed by atoms with E-state index in [0.717, 1.165) is 12.1 Å². The van der Waals surface area contributed by atoms with Gasteiger partial charge in [-0.2, -0.15) is 0 Å². The summed E-state index contributed by atoms with van der Waals surface area (Å²) in [5, 5.41) is 29.0. The number of carboxylic acids is 2. The second-order valence-corrected chi connectivity index (χ2v) is 8.46. The van der Waals surface area contributed by atoms with Crippen molar-refractivity contribution in [2.75, 3.05) is 41.7 Å². The highest BCUT2D eigenvalue weighted by Crippen LogP contribution is 2.42. The molecular formula is C27H24O15. The fourth-order valence-corrected chi connectivity index (χ4v) is 4.06. The van der Waals surface area contributed by atoms with E-state index in [-0.39, 0.29) is 56.4 Å². The SMILES string of the molecule is COc1c(OCC(O)COc2cc(OC)c3c(=O)cc(C(=O)O)oc3c2OC)cc(OC)c2c(=O)cc(C(=O)O)oc12. The van der Waals surface area contributed by atoms with Gasteiger partial charge in [0.25, 0.3) is 0 Å². The van der Waals surface area contributed by atoms with E-state index in [1.54, 1.807) is 0 Å². The fourth-order valence-electron chi connectivity index (χ4n) is 4.06. The number of hydrogen-bond donors (Lipinski definition) is 3. The van der Waals surface area contributed by atoms with Crippen molar-refractivity contribution in [1.82, 2.24) is 0 Å². The molecule has 2 aromatic heterocycles. The van der Waals surface area contributed by atoms with Crippen LogP contribution in [-0.2, 0) is 0 Å². The van der Waals surface area contributed by atoms with Crippen molar-refractivity contribution in [2.45, 2.75) is 6.10 Å². The van der Waals surface area contributed by atoms with E-state index < -0.39 is 53.6 Å². The summed E-state index contributed by atoms with van der Waals surface area (Å²) < 4.78 is 43.2. The molecule has 0 aliphatic carbocycles. The van der Waals surface area contributed by atoms with E-state index in [0.29, 0.717) is 0 Å². The van der Waals surface area contributed by atoms with E-state index in [2.05, 4.69) is 0 Å². The first-order chi connectivity index (χ1) is 20.0. The summed E-state index contributed by atoms with van der Waals surface area (Å²) in [6.45, 7) is -0.807. The van der Waals surface area contributed by atoms with Crippen molar-refractivity contribution in [3.63, 3.8) is 0 Å². The molecule has 0 saturated heterocycles. The average molecular weight is 588 g/mol. The Morgan fingerprint density at radius 3 is 1.36 bits per heavy atom. The topological polar surface area (TPSA) is 211 Å². The number of rotatable bonds is 12. The van der Waals surface area contributed by atoms with E-state index >= 15 is 0 Å². The van der Waals surface area contributed by atoms with E-state index in [1.165, 1.54) is 40.6 Å². The Morgan fingerprint density at radius 1 is 0.667 bits per heavy atom. The van der Waals surface area contributed by atoms with Crippen LogP contribution >= 0.6 is 0 Å². The van der Waals surface area contributed by atoms with Crippen LogP contribution in [0.15, 0.2) is 42.7 Å². The molecular weight excluding hydrogens is 564 g/mol. The zero-order valence-electron chi connectivity index (χ0n) is 22.5. The molecule has 0 aliphatic heterocycles. The summed E-state index contributed by atoms with van der Waals surface area (Å²) >= 11 is 0. The smallest absolute Gasteiger partial charge is 0.371 e. The van der Waals surface area contributed by atoms with Gasteiger partial charge in [0.15, 0.2) is 33.5 Å². The van der Waals surface area contributed by atoms with Gasteiger partial charge in [-0.05, 0) is 0 Å². The quantitative estimate of drug-likeness (QED) is 0.216. The molecule has 42 heavy (non-hydrogen) atoms. The van der Waals surface area contributed by atoms with Crippen LogP contribution in [0.2, 0.25) is 0 Å². The highest BCUT2D eigenvalue weighted by atomic mass is 16.5. The summed E-state index contributed by atoms with van der Waals surface area (Å²) in [5.41, 5.74) is -1.85. The minimum absolute atomic E-state index is 0.00689. The Kier molecular flexibility index (Phi) is 8.42. The maximum absolute atomic E-state index is 12.6. The second-order valence-electron chi connectivity index (χ2n) is 8.46. The first-order valence-corrected chi connectivity index (χ1v) is 11.9. The minimum atomic E-state index is -1.48. The third-order valence-electron chi connectivity index (χ3n) is 5.90. The average Bonchev–Trinajstić information content (AvgIpc) is 2.96. The van der Waals surface area contributed by atoms with Crippen LogP contribution in [0, 0.1) is 0 Å². The number of ether oxygens (including phenoxy) is 6. The van der Waals surface area contributed by atoms with Crippen molar-refractivity contribution in [3.8, 4) is 34.5 Å². The molecule has 4 rings (SSSR count). The summed E-state index contributed by atoms with van der Waals surface area (Å²) in [7, 11) is 5.05. The Labute approximate surface area is 234 Å². The maximum Gasteiger partial charge on any atom is 0.371 e. The van der Waals surface area contributed by atoms with Gasteiger partial charge in [-0.3, -0.25) is 9.59 Å². The van der Waals surface area contributed by atoms with Gasteiger partial charge in [0.05, 0.1) is 28.4 Å². The number of carboxylic acid groups (broad SMARTS) is 2. The Balaban J connectivity index is 1.62. The van der Waals surface area contributed by atoms with Gasteiger partial charge >= 0.3 is 11.9 Å². The predicted octanol–water partition coefficient (Wildman–Crippen LogP) is 2.15. The molecule has 0 bridgehead atoms. The Morgan fingerprint density at radius 2 is 1.05 bits per heavy atom. The molecule has 0 amide bonds. The number of benzene rings is 2. The molecule has 4 aromatic rings. The van der Waals surface area contributed by atoms with Gasteiger partial charge < -0.3 is 52.6 Å². The lowest BCUT2D eigenvalue weighted by Gasteiger charge is -2.18.